The average Bonchev–Trinajstić information content (AvgIpc) is 2.50. The highest BCUT2D eigenvalue weighted by Gasteiger charge is 2.32. The van der Waals surface area contributed by atoms with Crippen molar-refractivity contribution < 1.29 is 30.0 Å². The van der Waals surface area contributed by atoms with Crippen molar-refractivity contribution in [3.63, 3.8) is 0 Å². The molecule has 0 unspecified atom stereocenters. The minimum atomic E-state index is -1.76. The molecule has 7 heteroatoms. The van der Waals surface area contributed by atoms with Crippen LogP contribution in [0, 0.1) is 0 Å². The summed E-state index contributed by atoms with van der Waals surface area (Å²) in [6, 6.07) is 6.60. The summed E-state index contributed by atoms with van der Waals surface area (Å²) in [5.41, 5.74) is 0.281. The molecular weight excluding hydrogens is 266 g/mol. The number of aliphatic hydroxyl groups excluding tert-OH is 4. The molecular formula is C13H17NO6. The van der Waals surface area contributed by atoms with Crippen LogP contribution in [0.2, 0.25) is 0 Å². The minimum Gasteiger partial charge on any atom is -0.394 e. The summed E-state index contributed by atoms with van der Waals surface area (Å²) in [5, 5.41) is 39.3. The molecule has 0 fully saturated rings. The Morgan fingerprint density at radius 1 is 1.15 bits per heavy atom. The highest BCUT2D eigenvalue weighted by atomic mass is 16.4. The van der Waals surface area contributed by atoms with E-state index in [0.29, 0.717) is 0 Å². The summed E-state index contributed by atoms with van der Waals surface area (Å²) in [6.45, 7) is -0.781. The van der Waals surface area contributed by atoms with Gasteiger partial charge in [0.25, 0.3) is 5.91 Å². The van der Waals surface area contributed by atoms with E-state index in [1.807, 2.05) is 0 Å². The maximum atomic E-state index is 11.8. The van der Waals surface area contributed by atoms with Gasteiger partial charge in [-0.15, -0.1) is 0 Å². The molecule has 0 spiro atoms. The molecule has 110 valence electrons. The van der Waals surface area contributed by atoms with Gasteiger partial charge in [-0.3, -0.25) is 4.79 Å². The smallest absolute Gasteiger partial charge is 0.251 e. The number of carbonyl (C=O) groups excluding carboxylic acids is 2. The van der Waals surface area contributed by atoms with Gasteiger partial charge in [0, 0.05) is 5.56 Å². The first kappa shape index (κ1) is 16.3. The van der Waals surface area contributed by atoms with Gasteiger partial charge in [0.05, 0.1) is 6.61 Å². The molecule has 4 atom stereocenters. The number of hydrogen-bond acceptors (Lipinski definition) is 6. The second-order valence-corrected chi connectivity index (χ2v) is 4.23. The van der Waals surface area contributed by atoms with Crippen LogP contribution >= 0.6 is 0 Å². The van der Waals surface area contributed by atoms with E-state index >= 15 is 0 Å². The van der Waals surface area contributed by atoms with Gasteiger partial charge in [0.2, 0.25) is 0 Å². The topological polar surface area (TPSA) is 127 Å². The van der Waals surface area contributed by atoms with Gasteiger partial charge in [-0.1, -0.05) is 18.2 Å². The van der Waals surface area contributed by atoms with Crippen molar-refractivity contribution in [1.82, 2.24) is 5.32 Å². The molecule has 0 aliphatic carbocycles. The van der Waals surface area contributed by atoms with Crippen LogP contribution in [-0.4, -0.2) is 63.6 Å². The van der Waals surface area contributed by atoms with E-state index in [-0.39, 0.29) is 11.8 Å². The van der Waals surface area contributed by atoms with Crippen LogP contribution in [0.15, 0.2) is 30.3 Å². The SMILES string of the molecule is O=C[C@@H](NC(=O)c1ccccc1)[C@@H](O)[C@H](O)[C@H](O)CO. The number of rotatable bonds is 7. The van der Waals surface area contributed by atoms with Crippen LogP contribution in [0.5, 0.6) is 0 Å². The predicted molar refractivity (Wildman–Crippen MR) is 68.9 cm³/mol. The number of nitrogens with one attached hydrogen (secondary N) is 1. The fourth-order valence-corrected chi connectivity index (χ4v) is 1.57. The Morgan fingerprint density at radius 3 is 2.25 bits per heavy atom. The van der Waals surface area contributed by atoms with Gasteiger partial charge < -0.3 is 30.5 Å². The first-order valence-corrected chi connectivity index (χ1v) is 5.97. The van der Waals surface area contributed by atoms with Crippen molar-refractivity contribution in [2.45, 2.75) is 24.4 Å². The highest BCUT2D eigenvalue weighted by molar-refractivity contribution is 5.95. The molecule has 1 aromatic rings. The maximum Gasteiger partial charge on any atom is 0.251 e. The van der Waals surface area contributed by atoms with Crippen molar-refractivity contribution in [1.29, 1.82) is 0 Å². The molecule has 0 saturated heterocycles. The molecule has 0 radical (unpaired) electrons. The van der Waals surface area contributed by atoms with E-state index in [2.05, 4.69) is 5.32 Å². The molecule has 0 bridgehead atoms. The summed E-state index contributed by atoms with van der Waals surface area (Å²) >= 11 is 0. The van der Waals surface area contributed by atoms with Gasteiger partial charge >= 0.3 is 0 Å². The zero-order valence-electron chi connectivity index (χ0n) is 10.6. The van der Waals surface area contributed by atoms with Gasteiger partial charge in [0.15, 0.2) is 0 Å². The molecule has 20 heavy (non-hydrogen) atoms. The predicted octanol–water partition coefficient (Wildman–Crippen LogP) is -1.94. The summed E-state index contributed by atoms with van der Waals surface area (Å²) in [5.74, 6) is -0.604. The lowest BCUT2D eigenvalue weighted by Crippen LogP contribution is -2.53. The van der Waals surface area contributed by atoms with Crippen LogP contribution in [0.4, 0.5) is 0 Å². The molecule has 0 saturated carbocycles. The van der Waals surface area contributed by atoms with E-state index in [0.717, 1.165) is 0 Å². The summed E-state index contributed by atoms with van der Waals surface area (Å²) < 4.78 is 0. The summed E-state index contributed by atoms with van der Waals surface area (Å²) in [4.78, 5) is 22.7. The number of benzene rings is 1. The highest BCUT2D eigenvalue weighted by Crippen LogP contribution is 2.05. The number of hydrogen-bond donors (Lipinski definition) is 5. The number of amides is 1. The third kappa shape index (κ3) is 4.10. The molecule has 1 rings (SSSR count). The molecule has 0 aliphatic rings. The zero-order chi connectivity index (χ0) is 15.1. The Balaban J connectivity index is 2.72. The molecule has 0 heterocycles. The Morgan fingerprint density at radius 2 is 1.75 bits per heavy atom. The lowest BCUT2D eigenvalue weighted by Gasteiger charge is -2.26. The molecule has 0 aliphatic heterocycles. The van der Waals surface area contributed by atoms with E-state index in [1.54, 1.807) is 18.2 Å². The summed E-state index contributed by atoms with van der Waals surface area (Å²) in [7, 11) is 0. The van der Waals surface area contributed by atoms with Crippen molar-refractivity contribution in [2.75, 3.05) is 6.61 Å². The standard InChI is InChI=1S/C13H17NO6/c15-6-9(11(18)12(19)10(17)7-16)14-13(20)8-4-2-1-3-5-8/h1-6,9-12,16-19H,7H2,(H,14,20)/t9-,10-,11-,12-/m1/s1. The quantitative estimate of drug-likeness (QED) is 0.370. The number of aldehydes is 1. The molecule has 1 amide bonds. The van der Waals surface area contributed by atoms with Gasteiger partial charge in [-0.25, -0.2) is 0 Å². The number of aliphatic hydroxyl groups is 4. The first-order valence-electron chi connectivity index (χ1n) is 5.97. The van der Waals surface area contributed by atoms with Gasteiger partial charge in [-0.05, 0) is 12.1 Å². The Bertz CT molecular complexity index is 438. The van der Waals surface area contributed by atoms with Crippen LogP contribution in [0.3, 0.4) is 0 Å². The molecule has 5 N–H and O–H groups in total. The zero-order valence-corrected chi connectivity index (χ0v) is 10.6. The fraction of sp³-hybridized carbons (Fsp3) is 0.385. The third-order valence-electron chi connectivity index (χ3n) is 2.78. The van der Waals surface area contributed by atoms with Crippen LogP contribution in [-0.2, 0) is 4.79 Å². The van der Waals surface area contributed by atoms with E-state index in [4.69, 9.17) is 5.11 Å². The normalized spacial score (nSPS) is 16.8. The second-order valence-electron chi connectivity index (χ2n) is 4.23. The Kier molecular flexibility index (Phi) is 6.26. The lowest BCUT2D eigenvalue weighted by atomic mass is 10.0. The van der Waals surface area contributed by atoms with Crippen LogP contribution in [0.1, 0.15) is 10.4 Å². The first-order chi connectivity index (χ1) is 9.51. The largest absolute Gasteiger partial charge is 0.394 e. The van der Waals surface area contributed by atoms with E-state index in [1.165, 1.54) is 12.1 Å². The fourth-order valence-electron chi connectivity index (χ4n) is 1.57. The van der Waals surface area contributed by atoms with E-state index in [9.17, 15) is 24.9 Å². The third-order valence-corrected chi connectivity index (χ3v) is 2.78. The van der Waals surface area contributed by atoms with Crippen LogP contribution < -0.4 is 5.32 Å². The molecule has 1 aromatic carbocycles. The van der Waals surface area contributed by atoms with Gasteiger partial charge in [-0.2, -0.15) is 0 Å². The average molecular weight is 283 g/mol. The van der Waals surface area contributed by atoms with Gasteiger partial charge in [0.1, 0.15) is 30.6 Å². The lowest BCUT2D eigenvalue weighted by molar-refractivity contribution is -0.119. The van der Waals surface area contributed by atoms with Crippen molar-refractivity contribution in [3.05, 3.63) is 35.9 Å². The monoisotopic (exact) mass is 283 g/mol. The number of carbonyl (C=O) groups is 2. The molecule has 7 nitrogen and oxygen atoms in total. The minimum absolute atomic E-state index is 0.249. The second kappa shape index (κ2) is 7.71. The Hall–Kier alpha value is -1.80. The van der Waals surface area contributed by atoms with E-state index < -0.39 is 36.9 Å². The van der Waals surface area contributed by atoms with Crippen molar-refractivity contribution in [2.24, 2.45) is 0 Å². The Labute approximate surface area is 115 Å². The van der Waals surface area contributed by atoms with Crippen molar-refractivity contribution in [3.8, 4) is 0 Å². The maximum absolute atomic E-state index is 11.8. The summed E-state index contributed by atoms with van der Waals surface area (Å²) in [6.07, 6.45) is -4.85. The van der Waals surface area contributed by atoms with Crippen molar-refractivity contribution >= 4 is 12.2 Å². The molecule has 0 aromatic heterocycles. The van der Waals surface area contributed by atoms with Crippen LogP contribution in [0.25, 0.3) is 0 Å².